The van der Waals surface area contributed by atoms with Crippen LogP contribution in [0.3, 0.4) is 0 Å². The van der Waals surface area contributed by atoms with Crippen LogP contribution in [0.2, 0.25) is 0 Å². The SMILES string of the molecule is CC(=O)Oc1ccc(CC(=O)N2C[C@@H](C)[C@@H](N3CCOCC3)C2)cc1. The number of carbonyl (C=O) groups is 2. The predicted octanol–water partition coefficient (Wildman–Crippen LogP) is 1.33. The minimum Gasteiger partial charge on any atom is -0.427 e. The molecule has 0 radical (unpaired) electrons. The summed E-state index contributed by atoms with van der Waals surface area (Å²) in [5.74, 6) is 0.797. The predicted molar refractivity (Wildman–Crippen MR) is 93.4 cm³/mol. The maximum atomic E-state index is 12.6. The summed E-state index contributed by atoms with van der Waals surface area (Å²) in [5.41, 5.74) is 0.934. The Balaban J connectivity index is 1.55. The van der Waals surface area contributed by atoms with Gasteiger partial charge in [-0.2, -0.15) is 0 Å². The smallest absolute Gasteiger partial charge is 0.308 e. The highest BCUT2D eigenvalue weighted by molar-refractivity contribution is 5.79. The van der Waals surface area contributed by atoms with Crippen LogP contribution in [0.25, 0.3) is 0 Å². The first-order valence-corrected chi connectivity index (χ1v) is 8.90. The Kier molecular flexibility index (Phi) is 5.71. The van der Waals surface area contributed by atoms with E-state index in [1.54, 1.807) is 12.1 Å². The fraction of sp³-hybridized carbons (Fsp3) is 0.579. The van der Waals surface area contributed by atoms with Crippen molar-refractivity contribution in [1.82, 2.24) is 9.80 Å². The van der Waals surface area contributed by atoms with Crippen molar-refractivity contribution in [2.45, 2.75) is 26.3 Å². The minimum absolute atomic E-state index is 0.155. The van der Waals surface area contributed by atoms with E-state index in [-0.39, 0.29) is 11.9 Å². The van der Waals surface area contributed by atoms with Gasteiger partial charge >= 0.3 is 5.97 Å². The lowest BCUT2D eigenvalue weighted by Gasteiger charge is -2.34. The van der Waals surface area contributed by atoms with Gasteiger partial charge in [0.2, 0.25) is 5.91 Å². The van der Waals surface area contributed by atoms with Crippen LogP contribution in [0.15, 0.2) is 24.3 Å². The van der Waals surface area contributed by atoms with Gasteiger partial charge in [0.05, 0.1) is 19.6 Å². The molecule has 2 saturated heterocycles. The summed E-state index contributed by atoms with van der Waals surface area (Å²) in [6.45, 7) is 8.68. The number of carbonyl (C=O) groups excluding carboxylic acids is 2. The van der Waals surface area contributed by atoms with Crippen LogP contribution in [0.1, 0.15) is 19.4 Å². The lowest BCUT2D eigenvalue weighted by atomic mass is 10.0. The summed E-state index contributed by atoms with van der Waals surface area (Å²) < 4.78 is 10.4. The van der Waals surface area contributed by atoms with Gasteiger partial charge in [-0.25, -0.2) is 0 Å². The van der Waals surface area contributed by atoms with Crippen LogP contribution < -0.4 is 4.74 Å². The van der Waals surface area contributed by atoms with E-state index in [0.29, 0.717) is 24.1 Å². The van der Waals surface area contributed by atoms with Crippen LogP contribution >= 0.6 is 0 Å². The Morgan fingerprint density at radius 1 is 1.16 bits per heavy atom. The first kappa shape index (κ1) is 17.9. The number of hydrogen-bond donors (Lipinski definition) is 0. The molecule has 2 fully saturated rings. The van der Waals surface area contributed by atoms with E-state index in [2.05, 4.69) is 11.8 Å². The number of morpholine rings is 1. The molecule has 136 valence electrons. The van der Waals surface area contributed by atoms with Gasteiger partial charge in [-0.05, 0) is 23.6 Å². The molecule has 3 rings (SSSR count). The van der Waals surface area contributed by atoms with Crippen molar-refractivity contribution in [3.63, 3.8) is 0 Å². The quantitative estimate of drug-likeness (QED) is 0.608. The van der Waals surface area contributed by atoms with Crippen molar-refractivity contribution < 1.29 is 19.1 Å². The number of amides is 1. The molecule has 0 aliphatic carbocycles. The molecule has 1 aromatic carbocycles. The lowest BCUT2D eigenvalue weighted by Crippen LogP contribution is -2.47. The van der Waals surface area contributed by atoms with Gasteiger partial charge in [0.15, 0.2) is 0 Å². The van der Waals surface area contributed by atoms with E-state index >= 15 is 0 Å². The Hall–Kier alpha value is -1.92. The molecule has 25 heavy (non-hydrogen) atoms. The zero-order valence-corrected chi connectivity index (χ0v) is 14.9. The molecule has 1 aromatic rings. The first-order chi connectivity index (χ1) is 12.0. The van der Waals surface area contributed by atoms with E-state index in [4.69, 9.17) is 9.47 Å². The highest BCUT2D eigenvalue weighted by atomic mass is 16.5. The second-order valence-corrected chi connectivity index (χ2v) is 6.91. The van der Waals surface area contributed by atoms with E-state index < -0.39 is 0 Å². The highest BCUT2D eigenvalue weighted by Gasteiger charge is 2.36. The zero-order valence-electron chi connectivity index (χ0n) is 14.9. The van der Waals surface area contributed by atoms with Gasteiger partial charge in [0.1, 0.15) is 5.75 Å². The Morgan fingerprint density at radius 2 is 1.84 bits per heavy atom. The van der Waals surface area contributed by atoms with Gasteiger partial charge in [-0.1, -0.05) is 19.1 Å². The molecule has 0 saturated carbocycles. The van der Waals surface area contributed by atoms with Gasteiger partial charge in [0.25, 0.3) is 0 Å². The first-order valence-electron chi connectivity index (χ1n) is 8.90. The summed E-state index contributed by atoms with van der Waals surface area (Å²) in [5, 5.41) is 0. The molecule has 6 heteroatoms. The lowest BCUT2D eigenvalue weighted by molar-refractivity contribution is -0.132. The van der Waals surface area contributed by atoms with Crippen LogP contribution in [0.5, 0.6) is 5.75 Å². The van der Waals surface area contributed by atoms with E-state index in [9.17, 15) is 9.59 Å². The molecule has 2 atom stereocenters. The van der Waals surface area contributed by atoms with Gasteiger partial charge in [0, 0.05) is 39.1 Å². The summed E-state index contributed by atoms with van der Waals surface area (Å²) in [4.78, 5) is 28.0. The van der Waals surface area contributed by atoms with Crippen molar-refractivity contribution >= 4 is 11.9 Å². The van der Waals surface area contributed by atoms with E-state index in [1.807, 2.05) is 17.0 Å². The zero-order chi connectivity index (χ0) is 17.8. The maximum absolute atomic E-state index is 12.6. The van der Waals surface area contributed by atoms with Gasteiger partial charge < -0.3 is 14.4 Å². The molecular formula is C19H26N2O4. The van der Waals surface area contributed by atoms with Gasteiger partial charge in [-0.15, -0.1) is 0 Å². The number of esters is 1. The maximum Gasteiger partial charge on any atom is 0.308 e. The Bertz CT molecular complexity index is 610. The Labute approximate surface area is 148 Å². The van der Waals surface area contributed by atoms with Crippen LogP contribution in [-0.4, -0.2) is 67.1 Å². The molecule has 0 spiro atoms. The molecule has 2 aliphatic rings. The largest absolute Gasteiger partial charge is 0.427 e. The Morgan fingerprint density at radius 3 is 2.48 bits per heavy atom. The van der Waals surface area contributed by atoms with Crippen molar-refractivity contribution in [2.75, 3.05) is 39.4 Å². The van der Waals surface area contributed by atoms with E-state index in [1.165, 1.54) is 6.92 Å². The average Bonchev–Trinajstić information content (AvgIpc) is 2.99. The van der Waals surface area contributed by atoms with Crippen LogP contribution in [0, 0.1) is 5.92 Å². The van der Waals surface area contributed by atoms with E-state index in [0.717, 1.165) is 45.0 Å². The normalized spacial score (nSPS) is 24.3. The average molecular weight is 346 g/mol. The molecule has 0 N–H and O–H groups in total. The van der Waals surface area contributed by atoms with Crippen molar-refractivity contribution in [1.29, 1.82) is 0 Å². The fourth-order valence-corrected chi connectivity index (χ4v) is 3.67. The molecule has 0 bridgehead atoms. The molecule has 6 nitrogen and oxygen atoms in total. The number of rotatable bonds is 4. The summed E-state index contributed by atoms with van der Waals surface area (Å²) >= 11 is 0. The van der Waals surface area contributed by atoms with Crippen molar-refractivity contribution in [3.8, 4) is 5.75 Å². The number of hydrogen-bond acceptors (Lipinski definition) is 5. The molecule has 1 amide bonds. The second-order valence-electron chi connectivity index (χ2n) is 6.91. The summed E-state index contributed by atoms with van der Waals surface area (Å²) in [7, 11) is 0. The fourth-order valence-electron chi connectivity index (χ4n) is 3.67. The standard InChI is InChI=1S/C19H26N2O4/c1-14-12-21(13-18(14)20-7-9-24-10-8-20)19(23)11-16-3-5-17(6-4-16)25-15(2)22/h3-6,14,18H,7-13H2,1-2H3/t14-,18+/m1/s1. The molecule has 2 aliphatic heterocycles. The minimum atomic E-state index is -0.343. The van der Waals surface area contributed by atoms with Crippen LogP contribution in [-0.2, 0) is 20.7 Å². The summed E-state index contributed by atoms with van der Waals surface area (Å²) in [6.07, 6.45) is 0.378. The van der Waals surface area contributed by atoms with Gasteiger partial charge in [-0.3, -0.25) is 14.5 Å². The van der Waals surface area contributed by atoms with Crippen LogP contribution in [0.4, 0.5) is 0 Å². The molecular weight excluding hydrogens is 320 g/mol. The third kappa shape index (κ3) is 4.58. The number of ether oxygens (including phenoxy) is 2. The number of nitrogens with zero attached hydrogens (tertiary/aromatic N) is 2. The topological polar surface area (TPSA) is 59.1 Å². The molecule has 0 aromatic heterocycles. The van der Waals surface area contributed by atoms with Crippen molar-refractivity contribution in [2.24, 2.45) is 5.92 Å². The van der Waals surface area contributed by atoms with Crippen molar-refractivity contribution in [3.05, 3.63) is 29.8 Å². The number of likely N-dealkylation sites (tertiary alicyclic amines) is 1. The molecule has 2 heterocycles. The third-order valence-corrected chi connectivity index (χ3v) is 4.98. The second kappa shape index (κ2) is 7.97. The summed E-state index contributed by atoms with van der Waals surface area (Å²) in [6, 6.07) is 7.57. The monoisotopic (exact) mass is 346 g/mol. The molecule has 0 unspecified atom stereocenters. The third-order valence-electron chi connectivity index (χ3n) is 4.98. The number of benzene rings is 1. The highest BCUT2D eigenvalue weighted by Crippen LogP contribution is 2.23.